The number of aliphatic hydroxyl groups is 1. The summed E-state index contributed by atoms with van der Waals surface area (Å²) >= 11 is 0. The first-order chi connectivity index (χ1) is 15.7. The molecule has 170 valence electrons. The van der Waals surface area contributed by atoms with Crippen molar-refractivity contribution in [3.05, 3.63) is 72.3 Å². The number of benzene rings is 2. The highest BCUT2D eigenvalue weighted by Gasteiger charge is 2.32. The number of para-hydroxylation sites is 2. The van der Waals surface area contributed by atoms with Crippen molar-refractivity contribution >= 4 is 5.91 Å². The summed E-state index contributed by atoms with van der Waals surface area (Å²) in [5.41, 5.74) is 2.01. The van der Waals surface area contributed by atoms with E-state index in [1.54, 1.807) is 6.08 Å². The first-order valence-electron chi connectivity index (χ1n) is 11.4. The molecule has 32 heavy (non-hydrogen) atoms. The van der Waals surface area contributed by atoms with Crippen LogP contribution >= 0.6 is 0 Å². The Morgan fingerprint density at radius 2 is 1.72 bits per heavy atom. The Bertz CT molecular complexity index is 924. The molecule has 1 N–H and O–H groups in total. The van der Waals surface area contributed by atoms with E-state index in [2.05, 4.69) is 22.4 Å². The number of aliphatic hydroxyl groups excluding tert-OH is 1. The molecule has 1 atom stereocenters. The molecule has 2 aromatic carbocycles. The van der Waals surface area contributed by atoms with Gasteiger partial charge in [0.05, 0.1) is 0 Å². The predicted molar refractivity (Wildman–Crippen MR) is 124 cm³/mol. The molecular weight excluding hydrogens is 404 g/mol. The fourth-order valence-electron chi connectivity index (χ4n) is 4.58. The van der Waals surface area contributed by atoms with Crippen LogP contribution in [0.3, 0.4) is 0 Å². The first-order valence-corrected chi connectivity index (χ1v) is 11.4. The van der Waals surface area contributed by atoms with Gasteiger partial charge in [-0.25, -0.2) is 0 Å². The van der Waals surface area contributed by atoms with Crippen LogP contribution in [0.25, 0.3) is 0 Å². The van der Waals surface area contributed by atoms with Crippen molar-refractivity contribution in [1.82, 2.24) is 9.80 Å². The molecule has 2 heterocycles. The van der Waals surface area contributed by atoms with Crippen molar-refractivity contribution in [2.75, 3.05) is 39.4 Å². The molecule has 0 saturated carbocycles. The van der Waals surface area contributed by atoms with Crippen molar-refractivity contribution in [1.29, 1.82) is 0 Å². The van der Waals surface area contributed by atoms with Crippen LogP contribution in [0.1, 0.15) is 28.8 Å². The van der Waals surface area contributed by atoms with E-state index in [4.69, 9.17) is 9.47 Å². The van der Waals surface area contributed by atoms with Crippen molar-refractivity contribution in [2.24, 2.45) is 0 Å². The summed E-state index contributed by atoms with van der Waals surface area (Å²) in [7, 11) is 0. The standard InChI is InChI=1S/C26H32N2O4/c1-2-17-31-24-9-5-6-10-25(24)32-19-22(29)18-27-14-12-21(13-15-27)28-16-11-20-7-3-4-8-23(20)26(28)30/h2-10,21-22,29H,1,11-19H2. The van der Waals surface area contributed by atoms with E-state index in [1.807, 2.05) is 42.5 Å². The molecule has 0 bridgehead atoms. The fourth-order valence-corrected chi connectivity index (χ4v) is 4.58. The van der Waals surface area contributed by atoms with Crippen LogP contribution < -0.4 is 9.47 Å². The number of β-amino-alcohol motifs (C(OH)–C–C–N with tert-alkyl or cyclic N) is 1. The second-order valence-corrected chi connectivity index (χ2v) is 8.45. The number of nitrogens with zero attached hydrogens (tertiary/aromatic N) is 2. The van der Waals surface area contributed by atoms with Crippen LogP contribution in [0.4, 0.5) is 0 Å². The van der Waals surface area contributed by atoms with Gasteiger partial charge in [0.15, 0.2) is 11.5 Å². The van der Waals surface area contributed by atoms with Gasteiger partial charge in [0, 0.05) is 37.8 Å². The fraction of sp³-hybridized carbons (Fsp3) is 0.423. The Hall–Kier alpha value is -2.83. The predicted octanol–water partition coefficient (Wildman–Crippen LogP) is 3.15. The summed E-state index contributed by atoms with van der Waals surface area (Å²) in [6, 6.07) is 15.7. The quantitative estimate of drug-likeness (QED) is 0.612. The lowest BCUT2D eigenvalue weighted by atomic mass is 9.95. The minimum Gasteiger partial charge on any atom is -0.487 e. The van der Waals surface area contributed by atoms with E-state index in [9.17, 15) is 9.90 Å². The Kier molecular flexibility index (Phi) is 7.45. The van der Waals surface area contributed by atoms with E-state index in [1.165, 1.54) is 0 Å². The van der Waals surface area contributed by atoms with Gasteiger partial charge in [0.1, 0.15) is 19.3 Å². The molecule has 0 radical (unpaired) electrons. The molecule has 1 saturated heterocycles. The molecule has 4 rings (SSSR count). The van der Waals surface area contributed by atoms with Crippen molar-refractivity contribution in [2.45, 2.75) is 31.4 Å². The Morgan fingerprint density at radius 1 is 1.03 bits per heavy atom. The molecule has 2 aliphatic rings. The topological polar surface area (TPSA) is 62.2 Å². The van der Waals surface area contributed by atoms with Crippen LogP contribution in [0.5, 0.6) is 11.5 Å². The molecule has 1 fully saturated rings. The molecule has 1 amide bonds. The Balaban J connectivity index is 1.23. The highest BCUT2D eigenvalue weighted by Crippen LogP contribution is 2.27. The van der Waals surface area contributed by atoms with Gasteiger partial charge in [-0.15, -0.1) is 0 Å². The van der Waals surface area contributed by atoms with Crippen LogP contribution in [-0.4, -0.2) is 72.4 Å². The van der Waals surface area contributed by atoms with Gasteiger partial charge in [-0.05, 0) is 43.0 Å². The zero-order chi connectivity index (χ0) is 22.3. The second kappa shape index (κ2) is 10.7. The first kappa shape index (κ1) is 22.4. The summed E-state index contributed by atoms with van der Waals surface area (Å²) in [6.07, 6.45) is 3.88. The monoisotopic (exact) mass is 436 g/mol. The molecule has 6 nitrogen and oxygen atoms in total. The van der Waals surface area contributed by atoms with E-state index in [0.717, 1.165) is 50.0 Å². The van der Waals surface area contributed by atoms with Gasteiger partial charge in [-0.3, -0.25) is 4.79 Å². The second-order valence-electron chi connectivity index (χ2n) is 8.45. The number of hydrogen-bond donors (Lipinski definition) is 1. The summed E-state index contributed by atoms with van der Waals surface area (Å²) in [5.74, 6) is 1.43. The van der Waals surface area contributed by atoms with E-state index < -0.39 is 6.10 Å². The maximum Gasteiger partial charge on any atom is 0.254 e. The minimum absolute atomic E-state index is 0.163. The highest BCUT2D eigenvalue weighted by atomic mass is 16.5. The van der Waals surface area contributed by atoms with Gasteiger partial charge < -0.3 is 24.4 Å². The number of amides is 1. The SMILES string of the molecule is C=CCOc1ccccc1OCC(O)CN1CCC(N2CCc3ccccc3C2=O)CC1. The van der Waals surface area contributed by atoms with Gasteiger partial charge in [0.25, 0.3) is 5.91 Å². The van der Waals surface area contributed by atoms with Gasteiger partial charge in [-0.1, -0.05) is 43.0 Å². The number of piperidine rings is 1. The molecule has 0 spiro atoms. The lowest BCUT2D eigenvalue weighted by Crippen LogP contribution is -2.51. The average Bonchev–Trinajstić information content (AvgIpc) is 2.83. The lowest BCUT2D eigenvalue weighted by Gasteiger charge is -2.41. The van der Waals surface area contributed by atoms with Gasteiger partial charge in [-0.2, -0.15) is 0 Å². The maximum absolute atomic E-state index is 12.9. The van der Waals surface area contributed by atoms with Crippen LogP contribution in [-0.2, 0) is 6.42 Å². The van der Waals surface area contributed by atoms with Crippen LogP contribution in [0, 0.1) is 0 Å². The Labute approximate surface area is 190 Å². The number of likely N-dealkylation sites (tertiary alicyclic amines) is 1. The number of fused-ring (bicyclic) bond motifs is 1. The largest absolute Gasteiger partial charge is 0.487 e. The number of carbonyl (C=O) groups is 1. The van der Waals surface area contributed by atoms with Crippen LogP contribution in [0.2, 0.25) is 0 Å². The van der Waals surface area contributed by atoms with Crippen molar-refractivity contribution in [3.63, 3.8) is 0 Å². The van der Waals surface area contributed by atoms with Gasteiger partial charge in [0.2, 0.25) is 0 Å². The summed E-state index contributed by atoms with van der Waals surface area (Å²) < 4.78 is 11.4. The smallest absolute Gasteiger partial charge is 0.254 e. The third-order valence-electron chi connectivity index (χ3n) is 6.23. The lowest BCUT2D eigenvalue weighted by molar-refractivity contribution is 0.0370. The zero-order valence-electron chi connectivity index (χ0n) is 18.5. The zero-order valence-corrected chi connectivity index (χ0v) is 18.5. The number of rotatable bonds is 9. The maximum atomic E-state index is 12.9. The summed E-state index contributed by atoms with van der Waals surface area (Å²) in [5, 5.41) is 10.5. The molecule has 1 unspecified atom stereocenters. The molecule has 0 aromatic heterocycles. The molecular formula is C26H32N2O4. The van der Waals surface area contributed by atoms with E-state index in [-0.39, 0.29) is 18.6 Å². The molecule has 2 aromatic rings. The minimum atomic E-state index is -0.595. The van der Waals surface area contributed by atoms with Crippen LogP contribution in [0.15, 0.2) is 61.2 Å². The third kappa shape index (κ3) is 5.31. The summed E-state index contributed by atoms with van der Waals surface area (Å²) in [4.78, 5) is 17.2. The van der Waals surface area contributed by atoms with Crippen molar-refractivity contribution in [3.8, 4) is 11.5 Å². The average molecular weight is 437 g/mol. The normalized spacial score (nSPS) is 18.2. The molecule has 2 aliphatic heterocycles. The number of ether oxygens (including phenoxy) is 2. The van der Waals surface area contributed by atoms with Gasteiger partial charge >= 0.3 is 0 Å². The van der Waals surface area contributed by atoms with Crippen molar-refractivity contribution < 1.29 is 19.4 Å². The number of carbonyl (C=O) groups excluding carboxylic acids is 1. The Morgan fingerprint density at radius 3 is 2.47 bits per heavy atom. The third-order valence-corrected chi connectivity index (χ3v) is 6.23. The molecule has 0 aliphatic carbocycles. The van der Waals surface area contributed by atoms with E-state index in [0.29, 0.717) is 24.7 Å². The van der Waals surface area contributed by atoms with E-state index >= 15 is 0 Å². The highest BCUT2D eigenvalue weighted by molar-refractivity contribution is 5.96. The summed E-state index contributed by atoms with van der Waals surface area (Å²) in [6.45, 7) is 7.36. The molecule has 6 heteroatoms. The number of hydrogen-bond acceptors (Lipinski definition) is 5.